The molecule has 154 valence electrons. The van der Waals surface area contributed by atoms with E-state index >= 15 is 0 Å². The van der Waals surface area contributed by atoms with Crippen LogP contribution >= 0.6 is 0 Å². The first-order valence-corrected chi connectivity index (χ1v) is 9.80. The maximum absolute atomic E-state index is 12.6. The summed E-state index contributed by atoms with van der Waals surface area (Å²) in [5.41, 5.74) is 2.45. The highest BCUT2D eigenvalue weighted by atomic mass is 16.2. The Morgan fingerprint density at radius 1 is 1.21 bits per heavy atom. The van der Waals surface area contributed by atoms with Crippen molar-refractivity contribution in [3.8, 4) is 0 Å². The zero-order chi connectivity index (χ0) is 20.8. The van der Waals surface area contributed by atoms with Gasteiger partial charge in [0.15, 0.2) is 0 Å². The maximum Gasteiger partial charge on any atom is 0.229 e. The fourth-order valence-electron chi connectivity index (χ4n) is 3.29. The van der Waals surface area contributed by atoms with Crippen molar-refractivity contribution < 1.29 is 9.59 Å². The number of benzene rings is 1. The number of carbonyl (C=O) groups is 2. The molecule has 0 saturated carbocycles. The van der Waals surface area contributed by atoms with E-state index in [1.165, 1.54) is 6.33 Å². The average molecular weight is 396 g/mol. The SMILES string of the molecule is Cc1cc(Nc2ccc(NC(=O)C3CC(=O)N(CCCN(C)C)C3)cc2)ncn1. The normalized spacial score (nSPS) is 16.3. The number of carbonyl (C=O) groups excluding carboxylic acids is 2. The monoisotopic (exact) mass is 396 g/mol. The predicted octanol–water partition coefficient (Wildman–Crippen LogP) is 2.27. The van der Waals surface area contributed by atoms with Gasteiger partial charge in [-0.15, -0.1) is 0 Å². The summed E-state index contributed by atoms with van der Waals surface area (Å²) in [6.07, 6.45) is 2.70. The van der Waals surface area contributed by atoms with E-state index in [-0.39, 0.29) is 24.2 Å². The van der Waals surface area contributed by atoms with E-state index in [9.17, 15) is 9.59 Å². The van der Waals surface area contributed by atoms with Gasteiger partial charge in [-0.3, -0.25) is 9.59 Å². The van der Waals surface area contributed by atoms with Gasteiger partial charge in [0.2, 0.25) is 11.8 Å². The molecular weight excluding hydrogens is 368 g/mol. The number of nitrogens with zero attached hydrogens (tertiary/aromatic N) is 4. The van der Waals surface area contributed by atoms with E-state index in [0.29, 0.717) is 24.6 Å². The van der Waals surface area contributed by atoms with Crippen LogP contribution in [0.4, 0.5) is 17.2 Å². The second-order valence-corrected chi connectivity index (χ2v) is 7.63. The quantitative estimate of drug-likeness (QED) is 0.711. The molecule has 0 radical (unpaired) electrons. The summed E-state index contributed by atoms with van der Waals surface area (Å²) in [7, 11) is 4.02. The minimum Gasteiger partial charge on any atom is -0.342 e. The van der Waals surface area contributed by atoms with E-state index in [0.717, 1.165) is 24.3 Å². The van der Waals surface area contributed by atoms with Gasteiger partial charge in [-0.05, 0) is 58.3 Å². The van der Waals surface area contributed by atoms with Crippen molar-refractivity contribution in [3.05, 3.63) is 42.4 Å². The summed E-state index contributed by atoms with van der Waals surface area (Å²) in [4.78, 5) is 36.9. The van der Waals surface area contributed by atoms with Gasteiger partial charge in [0.1, 0.15) is 12.1 Å². The summed E-state index contributed by atoms with van der Waals surface area (Å²) in [6, 6.07) is 9.28. The standard InChI is InChI=1S/C21H28N6O2/c1-15-11-19(23-14-22-15)24-17-5-7-18(8-6-17)25-21(29)16-12-20(28)27(13-16)10-4-9-26(2)3/h5-8,11,14,16H,4,9-10,12-13H2,1-3H3,(H,25,29)(H,22,23,24). The molecule has 8 heteroatoms. The van der Waals surface area contributed by atoms with Crippen molar-refractivity contribution in [2.75, 3.05) is 44.4 Å². The van der Waals surface area contributed by atoms with Crippen LogP contribution in [0, 0.1) is 12.8 Å². The van der Waals surface area contributed by atoms with Crippen LogP contribution in [0.5, 0.6) is 0 Å². The van der Waals surface area contributed by atoms with Crippen LogP contribution in [0.15, 0.2) is 36.7 Å². The van der Waals surface area contributed by atoms with Crippen LogP contribution in [-0.4, -0.2) is 65.3 Å². The number of amides is 2. The van der Waals surface area contributed by atoms with Crippen molar-refractivity contribution >= 4 is 29.0 Å². The Morgan fingerprint density at radius 2 is 1.93 bits per heavy atom. The molecule has 2 heterocycles. The molecule has 1 aromatic carbocycles. The number of aromatic nitrogens is 2. The number of hydrogen-bond donors (Lipinski definition) is 2. The van der Waals surface area contributed by atoms with Crippen molar-refractivity contribution in [1.29, 1.82) is 0 Å². The molecule has 1 unspecified atom stereocenters. The highest BCUT2D eigenvalue weighted by Gasteiger charge is 2.33. The summed E-state index contributed by atoms with van der Waals surface area (Å²) in [5.74, 6) is 0.362. The van der Waals surface area contributed by atoms with Crippen LogP contribution in [0.1, 0.15) is 18.5 Å². The smallest absolute Gasteiger partial charge is 0.229 e. The molecule has 1 aliphatic rings. The van der Waals surface area contributed by atoms with Crippen LogP contribution in [0.2, 0.25) is 0 Å². The summed E-state index contributed by atoms with van der Waals surface area (Å²) >= 11 is 0. The molecular formula is C21H28N6O2. The Morgan fingerprint density at radius 3 is 2.62 bits per heavy atom. The lowest BCUT2D eigenvalue weighted by molar-refractivity contribution is -0.128. The van der Waals surface area contributed by atoms with Gasteiger partial charge in [-0.2, -0.15) is 0 Å². The van der Waals surface area contributed by atoms with Crippen LogP contribution in [0.25, 0.3) is 0 Å². The Balaban J connectivity index is 1.51. The Bertz CT molecular complexity index is 853. The average Bonchev–Trinajstić information content (AvgIpc) is 3.04. The van der Waals surface area contributed by atoms with Gasteiger partial charge in [0.05, 0.1) is 5.92 Å². The molecule has 2 amide bonds. The van der Waals surface area contributed by atoms with E-state index < -0.39 is 0 Å². The molecule has 1 saturated heterocycles. The molecule has 1 fully saturated rings. The Kier molecular flexibility index (Phi) is 6.77. The van der Waals surface area contributed by atoms with Crippen molar-refractivity contribution in [1.82, 2.24) is 19.8 Å². The molecule has 1 aliphatic heterocycles. The van der Waals surface area contributed by atoms with Gasteiger partial charge >= 0.3 is 0 Å². The Labute approximate surface area is 171 Å². The molecule has 2 N–H and O–H groups in total. The molecule has 1 aromatic heterocycles. The third-order valence-electron chi connectivity index (χ3n) is 4.85. The third-order valence-corrected chi connectivity index (χ3v) is 4.85. The van der Waals surface area contributed by atoms with Gasteiger partial charge < -0.3 is 20.4 Å². The molecule has 0 spiro atoms. The molecule has 29 heavy (non-hydrogen) atoms. The number of likely N-dealkylation sites (tertiary alicyclic amines) is 1. The van der Waals surface area contributed by atoms with E-state index in [4.69, 9.17) is 0 Å². The Hall–Kier alpha value is -3.00. The predicted molar refractivity (Wildman–Crippen MR) is 113 cm³/mol. The first kappa shape index (κ1) is 20.7. The van der Waals surface area contributed by atoms with Crippen molar-refractivity contribution in [2.24, 2.45) is 5.92 Å². The highest BCUT2D eigenvalue weighted by Crippen LogP contribution is 2.22. The summed E-state index contributed by atoms with van der Waals surface area (Å²) < 4.78 is 0. The molecule has 1 atom stereocenters. The number of hydrogen-bond acceptors (Lipinski definition) is 6. The van der Waals surface area contributed by atoms with Gasteiger partial charge in [-0.1, -0.05) is 0 Å². The number of aryl methyl sites for hydroxylation is 1. The second kappa shape index (κ2) is 9.47. The van der Waals surface area contributed by atoms with Gasteiger partial charge in [0, 0.05) is 42.6 Å². The number of nitrogens with one attached hydrogen (secondary N) is 2. The van der Waals surface area contributed by atoms with Crippen LogP contribution in [0.3, 0.4) is 0 Å². The van der Waals surface area contributed by atoms with Gasteiger partial charge in [0.25, 0.3) is 0 Å². The van der Waals surface area contributed by atoms with E-state index in [2.05, 4.69) is 25.5 Å². The molecule has 0 bridgehead atoms. The van der Waals surface area contributed by atoms with Crippen LogP contribution < -0.4 is 10.6 Å². The molecule has 2 aromatic rings. The number of rotatable bonds is 8. The van der Waals surface area contributed by atoms with Crippen molar-refractivity contribution in [3.63, 3.8) is 0 Å². The first-order chi connectivity index (χ1) is 13.9. The summed E-state index contributed by atoms with van der Waals surface area (Å²) in [6.45, 7) is 4.02. The highest BCUT2D eigenvalue weighted by molar-refractivity contribution is 5.97. The molecule has 8 nitrogen and oxygen atoms in total. The second-order valence-electron chi connectivity index (χ2n) is 7.63. The fraction of sp³-hybridized carbons (Fsp3) is 0.429. The number of anilines is 3. The maximum atomic E-state index is 12.6. The zero-order valence-electron chi connectivity index (χ0n) is 17.2. The van der Waals surface area contributed by atoms with E-state index in [1.807, 2.05) is 51.4 Å². The van der Waals surface area contributed by atoms with E-state index in [1.54, 1.807) is 4.90 Å². The van der Waals surface area contributed by atoms with Crippen molar-refractivity contribution in [2.45, 2.75) is 19.8 Å². The zero-order valence-corrected chi connectivity index (χ0v) is 17.2. The lowest BCUT2D eigenvalue weighted by atomic mass is 10.1. The third kappa shape index (κ3) is 5.99. The van der Waals surface area contributed by atoms with Crippen LogP contribution in [-0.2, 0) is 9.59 Å². The topological polar surface area (TPSA) is 90.5 Å². The minimum atomic E-state index is -0.302. The summed E-state index contributed by atoms with van der Waals surface area (Å²) in [5, 5.41) is 6.12. The largest absolute Gasteiger partial charge is 0.342 e. The fourth-order valence-corrected chi connectivity index (χ4v) is 3.29. The van der Waals surface area contributed by atoms with Gasteiger partial charge in [-0.25, -0.2) is 9.97 Å². The molecule has 3 rings (SSSR count). The minimum absolute atomic E-state index is 0.0589. The molecule has 0 aliphatic carbocycles. The lowest BCUT2D eigenvalue weighted by Crippen LogP contribution is -2.30. The first-order valence-electron chi connectivity index (χ1n) is 9.80. The lowest BCUT2D eigenvalue weighted by Gasteiger charge is -2.18.